The van der Waals surface area contributed by atoms with Gasteiger partial charge in [0, 0.05) is 29.0 Å². The molecule has 0 aliphatic carbocycles. The third-order valence-corrected chi connectivity index (χ3v) is 10.0. The van der Waals surface area contributed by atoms with Gasteiger partial charge in [0.05, 0.1) is 15.6 Å². The van der Waals surface area contributed by atoms with E-state index in [4.69, 9.17) is 23.2 Å². The minimum absolute atomic E-state index is 0.0218. The van der Waals surface area contributed by atoms with Crippen molar-refractivity contribution >= 4 is 66.7 Å². The zero-order valence-electron chi connectivity index (χ0n) is 24.7. The Balaban J connectivity index is 1.81. The Labute approximate surface area is 283 Å². The van der Waals surface area contributed by atoms with Crippen molar-refractivity contribution in [3.8, 4) is 0 Å². The standard InChI is InChI=1S/C34H34BrCl2N3O4S/c1-2-3-20-38-34(42)32(21-25-10-6-4-7-11-25)39(23-26-14-16-27(35)17-15-26)33(41)24-40(31-22-28(36)18-19-30(31)37)45(43,44)29-12-8-5-9-13-29/h4-19,22,32H,2-3,20-21,23-24H2,1H3,(H,38,42)/t32-/m1/s1. The van der Waals surface area contributed by atoms with Crippen LogP contribution in [0.1, 0.15) is 30.9 Å². The van der Waals surface area contributed by atoms with Gasteiger partial charge in [-0.05, 0) is 60.0 Å². The average Bonchev–Trinajstić information content (AvgIpc) is 3.04. The van der Waals surface area contributed by atoms with E-state index in [-0.39, 0.29) is 39.5 Å². The number of nitrogens with zero attached hydrogens (tertiary/aromatic N) is 2. The fraction of sp³-hybridized carbons (Fsp3) is 0.235. The number of amides is 2. The molecule has 4 aromatic rings. The zero-order chi connectivity index (χ0) is 32.4. The van der Waals surface area contributed by atoms with Crippen molar-refractivity contribution in [2.24, 2.45) is 0 Å². The van der Waals surface area contributed by atoms with E-state index in [0.29, 0.717) is 6.54 Å². The minimum Gasteiger partial charge on any atom is -0.354 e. The van der Waals surface area contributed by atoms with Crippen LogP contribution in [0.25, 0.3) is 0 Å². The third kappa shape index (κ3) is 9.33. The van der Waals surface area contributed by atoms with E-state index in [9.17, 15) is 18.0 Å². The molecule has 0 radical (unpaired) electrons. The van der Waals surface area contributed by atoms with Gasteiger partial charge in [-0.15, -0.1) is 0 Å². The van der Waals surface area contributed by atoms with Gasteiger partial charge >= 0.3 is 0 Å². The number of sulfonamides is 1. The van der Waals surface area contributed by atoms with E-state index in [1.54, 1.807) is 24.3 Å². The lowest BCUT2D eigenvalue weighted by atomic mass is 10.0. The summed E-state index contributed by atoms with van der Waals surface area (Å²) in [6.07, 6.45) is 1.89. The van der Waals surface area contributed by atoms with Crippen LogP contribution >= 0.6 is 39.1 Å². The maximum absolute atomic E-state index is 14.5. The monoisotopic (exact) mass is 729 g/mol. The number of carbonyl (C=O) groups excluding carboxylic acids is 2. The molecule has 0 saturated carbocycles. The van der Waals surface area contributed by atoms with Crippen LogP contribution in [0, 0.1) is 0 Å². The summed E-state index contributed by atoms with van der Waals surface area (Å²) in [6.45, 7) is 1.92. The van der Waals surface area contributed by atoms with Gasteiger partial charge in [0.25, 0.3) is 10.0 Å². The van der Waals surface area contributed by atoms with Gasteiger partial charge in [-0.2, -0.15) is 0 Å². The summed E-state index contributed by atoms with van der Waals surface area (Å²) in [5.74, 6) is -0.906. The Morgan fingerprint density at radius 3 is 2.16 bits per heavy atom. The number of carbonyl (C=O) groups is 2. The van der Waals surface area contributed by atoms with Gasteiger partial charge in [0.2, 0.25) is 11.8 Å². The normalized spacial score (nSPS) is 11.9. The molecule has 0 bridgehead atoms. The number of hydrogen-bond donors (Lipinski definition) is 1. The van der Waals surface area contributed by atoms with Gasteiger partial charge in [0.1, 0.15) is 12.6 Å². The van der Waals surface area contributed by atoms with Crippen molar-refractivity contribution in [3.05, 3.63) is 129 Å². The Bertz CT molecular complexity index is 1690. The van der Waals surface area contributed by atoms with E-state index in [0.717, 1.165) is 32.7 Å². The summed E-state index contributed by atoms with van der Waals surface area (Å²) in [4.78, 5) is 29.7. The molecule has 0 aliphatic heterocycles. The summed E-state index contributed by atoms with van der Waals surface area (Å²) in [6, 6.07) is 28.1. The topological polar surface area (TPSA) is 86.8 Å². The molecule has 2 amide bonds. The lowest BCUT2D eigenvalue weighted by Gasteiger charge is -2.34. The number of rotatable bonds is 14. The first kappa shape index (κ1) is 34.5. The largest absolute Gasteiger partial charge is 0.354 e. The van der Waals surface area contributed by atoms with Crippen molar-refractivity contribution in [2.75, 3.05) is 17.4 Å². The van der Waals surface area contributed by atoms with E-state index in [1.165, 1.54) is 29.2 Å². The van der Waals surface area contributed by atoms with E-state index >= 15 is 0 Å². The molecule has 0 aromatic heterocycles. The second-order valence-electron chi connectivity index (χ2n) is 10.4. The highest BCUT2D eigenvalue weighted by atomic mass is 79.9. The summed E-state index contributed by atoms with van der Waals surface area (Å²) >= 11 is 16.3. The van der Waals surface area contributed by atoms with Crippen molar-refractivity contribution < 1.29 is 18.0 Å². The van der Waals surface area contributed by atoms with Crippen molar-refractivity contribution in [1.29, 1.82) is 0 Å². The minimum atomic E-state index is -4.29. The molecule has 0 fully saturated rings. The van der Waals surface area contributed by atoms with E-state index in [2.05, 4.69) is 21.2 Å². The summed E-state index contributed by atoms with van der Waals surface area (Å²) in [7, 11) is -4.29. The van der Waals surface area contributed by atoms with Gasteiger partial charge in [-0.1, -0.05) is 113 Å². The quantitative estimate of drug-likeness (QED) is 0.136. The fourth-order valence-electron chi connectivity index (χ4n) is 4.76. The van der Waals surface area contributed by atoms with Crippen LogP contribution < -0.4 is 9.62 Å². The number of halogens is 3. The predicted molar refractivity (Wildman–Crippen MR) is 184 cm³/mol. The van der Waals surface area contributed by atoms with E-state index < -0.39 is 28.5 Å². The average molecular weight is 732 g/mol. The Morgan fingerprint density at radius 1 is 0.867 bits per heavy atom. The van der Waals surface area contributed by atoms with Gasteiger partial charge in [-0.25, -0.2) is 8.42 Å². The summed E-state index contributed by atoms with van der Waals surface area (Å²) in [5.41, 5.74) is 1.68. The summed E-state index contributed by atoms with van der Waals surface area (Å²) in [5, 5.41) is 3.33. The first-order valence-electron chi connectivity index (χ1n) is 14.5. The van der Waals surface area contributed by atoms with Crippen molar-refractivity contribution in [3.63, 3.8) is 0 Å². The SMILES string of the molecule is CCCCNC(=O)[C@@H](Cc1ccccc1)N(Cc1ccc(Br)cc1)C(=O)CN(c1cc(Cl)ccc1Cl)S(=O)(=O)c1ccccc1. The molecule has 0 heterocycles. The van der Waals surface area contributed by atoms with Gasteiger partial charge < -0.3 is 10.2 Å². The molecule has 7 nitrogen and oxygen atoms in total. The number of benzene rings is 4. The first-order valence-corrected chi connectivity index (χ1v) is 17.5. The van der Waals surface area contributed by atoms with Crippen LogP contribution in [-0.2, 0) is 32.6 Å². The predicted octanol–water partition coefficient (Wildman–Crippen LogP) is 7.51. The van der Waals surface area contributed by atoms with Crippen molar-refractivity contribution in [2.45, 2.75) is 43.7 Å². The highest BCUT2D eigenvalue weighted by Crippen LogP contribution is 2.33. The molecule has 0 saturated heterocycles. The van der Waals surface area contributed by atoms with Gasteiger partial charge in [0.15, 0.2) is 0 Å². The van der Waals surface area contributed by atoms with Crippen LogP contribution in [0.3, 0.4) is 0 Å². The molecule has 236 valence electrons. The van der Waals surface area contributed by atoms with Crippen LogP contribution in [-0.4, -0.2) is 44.3 Å². The van der Waals surface area contributed by atoms with Crippen LogP contribution in [0.4, 0.5) is 5.69 Å². The summed E-state index contributed by atoms with van der Waals surface area (Å²) < 4.78 is 30.0. The number of nitrogens with one attached hydrogen (secondary N) is 1. The molecule has 4 rings (SSSR count). The molecule has 1 N–H and O–H groups in total. The maximum atomic E-state index is 14.5. The molecule has 1 atom stereocenters. The number of hydrogen-bond acceptors (Lipinski definition) is 4. The maximum Gasteiger partial charge on any atom is 0.264 e. The second-order valence-corrected chi connectivity index (χ2v) is 14.0. The van der Waals surface area contributed by atoms with Crippen LogP contribution in [0.2, 0.25) is 10.0 Å². The third-order valence-electron chi connectivity index (χ3n) is 7.15. The lowest BCUT2D eigenvalue weighted by molar-refractivity contribution is -0.140. The Kier molecular flexibility index (Phi) is 12.5. The van der Waals surface area contributed by atoms with Gasteiger partial charge in [-0.3, -0.25) is 13.9 Å². The highest BCUT2D eigenvalue weighted by molar-refractivity contribution is 9.10. The molecule has 0 aliphatic rings. The Morgan fingerprint density at radius 2 is 1.51 bits per heavy atom. The molecular formula is C34H34BrCl2N3O4S. The molecular weight excluding hydrogens is 697 g/mol. The highest BCUT2D eigenvalue weighted by Gasteiger charge is 2.35. The fourth-order valence-corrected chi connectivity index (χ4v) is 6.90. The molecule has 0 unspecified atom stereocenters. The molecule has 11 heteroatoms. The second kappa shape index (κ2) is 16.3. The number of unbranched alkanes of at least 4 members (excludes halogenated alkanes) is 1. The van der Waals surface area contributed by atoms with Crippen LogP contribution in [0.5, 0.6) is 0 Å². The first-order chi connectivity index (χ1) is 21.6. The lowest BCUT2D eigenvalue weighted by Crippen LogP contribution is -2.53. The van der Waals surface area contributed by atoms with Crippen molar-refractivity contribution in [1.82, 2.24) is 10.2 Å². The zero-order valence-corrected chi connectivity index (χ0v) is 28.6. The smallest absolute Gasteiger partial charge is 0.264 e. The number of anilines is 1. The molecule has 45 heavy (non-hydrogen) atoms. The molecule has 0 spiro atoms. The Hall–Kier alpha value is -3.37. The molecule has 4 aromatic carbocycles. The van der Waals surface area contributed by atoms with Crippen LogP contribution in [0.15, 0.2) is 112 Å². The van der Waals surface area contributed by atoms with E-state index in [1.807, 2.05) is 61.5 Å².